The Kier molecular flexibility index (Phi) is 4.76. The number of rotatable bonds is 4. The Labute approximate surface area is 131 Å². The Morgan fingerprint density at radius 3 is 2.43 bits per heavy atom. The van der Waals surface area contributed by atoms with Gasteiger partial charge in [0.2, 0.25) is 0 Å². The van der Waals surface area contributed by atoms with Gasteiger partial charge in [-0.25, -0.2) is 8.42 Å². The first-order valence-corrected chi connectivity index (χ1v) is 8.31. The molecule has 110 valence electrons. The summed E-state index contributed by atoms with van der Waals surface area (Å²) in [4.78, 5) is 14.0. The zero-order valence-corrected chi connectivity index (χ0v) is 13.5. The molecule has 0 radical (unpaired) electrons. The Balaban J connectivity index is 2.15. The van der Waals surface area contributed by atoms with E-state index >= 15 is 0 Å². The number of hydrazine groups is 1. The lowest BCUT2D eigenvalue weighted by atomic mass is 10.2. The average molecular weight is 369 g/mol. The molecule has 21 heavy (non-hydrogen) atoms. The van der Waals surface area contributed by atoms with Crippen LogP contribution in [0.4, 0.5) is 0 Å². The predicted molar refractivity (Wildman–Crippen MR) is 83.1 cm³/mol. The van der Waals surface area contributed by atoms with Crippen molar-refractivity contribution in [2.24, 2.45) is 0 Å². The van der Waals surface area contributed by atoms with Crippen molar-refractivity contribution in [1.82, 2.24) is 10.3 Å². The summed E-state index contributed by atoms with van der Waals surface area (Å²) >= 11 is 3.23. The summed E-state index contributed by atoms with van der Waals surface area (Å²) in [6.45, 7) is 1.68. The maximum atomic E-state index is 12.2. The third-order valence-electron chi connectivity index (χ3n) is 2.77. The average Bonchev–Trinajstić information content (AvgIpc) is 2.48. The van der Waals surface area contributed by atoms with Gasteiger partial charge in [-0.1, -0.05) is 40.2 Å². The molecule has 5 nitrogen and oxygen atoms in total. The van der Waals surface area contributed by atoms with Gasteiger partial charge in [0.05, 0.1) is 4.90 Å². The van der Waals surface area contributed by atoms with Gasteiger partial charge < -0.3 is 0 Å². The number of carbonyl (C=O) groups excluding carboxylic acids is 1. The number of aryl methyl sites for hydroxylation is 1. The maximum absolute atomic E-state index is 12.2. The van der Waals surface area contributed by atoms with Crippen molar-refractivity contribution in [2.45, 2.75) is 11.8 Å². The second-order valence-corrected chi connectivity index (χ2v) is 6.90. The largest absolute Gasteiger partial charge is 0.273 e. The van der Waals surface area contributed by atoms with Crippen molar-refractivity contribution < 1.29 is 13.2 Å². The van der Waals surface area contributed by atoms with Gasteiger partial charge in [0, 0.05) is 10.0 Å². The highest BCUT2D eigenvalue weighted by Gasteiger charge is 2.18. The van der Waals surface area contributed by atoms with E-state index in [-0.39, 0.29) is 4.90 Å². The molecule has 2 N–H and O–H groups in total. The van der Waals surface area contributed by atoms with Crippen molar-refractivity contribution in [1.29, 1.82) is 0 Å². The first kappa shape index (κ1) is 15.7. The molecular weight excluding hydrogens is 356 g/mol. The Hall–Kier alpha value is -1.70. The van der Waals surface area contributed by atoms with Crippen LogP contribution >= 0.6 is 15.9 Å². The second-order valence-electron chi connectivity index (χ2n) is 4.34. The van der Waals surface area contributed by atoms with E-state index in [0.29, 0.717) is 15.6 Å². The number of carbonyl (C=O) groups is 1. The molecule has 0 fully saturated rings. The zero-order valence-electron chi connectivity index (χ0n) is 11.1. The van der Waals surface area contributed by atoms with E-state index in [1.165, 1.54) is 6.07 Å². The highest BCUT2D eigenvalue weighted by Crippen LogP contribution is 2.20. The lowest BCUT2D eigenvalue weighted by Crippen LogP contribution is -2.41. The van der Waals surface area contributed by atoms with Crippen LogP contribution in [-0.4, -0.2) is 14.3 Å². The first-order valence-electron chi connectivity index (χ1n) is 6.03. The van der Waals surface area contributed by atoms with Crippen molar-refractivity contribution >= 4 is 31.9 Å². The van der Waals surface area contributed by atoms with E-state index in [9.17, 15) is 13.2 Å². The molecule has 0 aliphatic carbocycles. The fraction of sp³-hybridized carbons (Fsp3) is 0.0714. The number of amides is 1. The fourth-order valence-electron chi connectivity index (χ4n) is 1.69. The van der Waals surface area contributed by atoms with E-state index in [1.54, 1.807) is 49.4 Å². The molecule has 2 aromatic rings. The first-order chi connectivity index (χ1) is 9.90. The molecule has 2 aromatic carbocycles. The van der Waals surface area contributed by atoms with Gasteiger partial charge in [0.25, 0.3) is 15.9 Å². The van der Waals surface area contributed by atoms with Crippen LogP contribution in [0.25, 0.3) is 0 Å². The van der Waals surface area contributed by atoms with Crippen LogP contribution in [0.5, 0.6) is 0 Å². The summed E-state index contributed by atoms with van der Waals surface area (Å²) in [5, 5.41) is 0. The number of nitrogens with one attached hydrogen (secondary N) is 2. The standard InChI is InChI=1S/C14H13BrN2O3S/c1-10-7-8-12(15)9-13(10)21(19,20)17-16-14(18)11-5-3-2-4-6-11/h2-9,17H,1H3,(H,16,18). The highest BCUT2D eigenvalue weighted by molar-refractivity contribution is 9.10. The fourth-order valence-corrected chi connectivity index (χ4v) is 3.32. The van der Waals surface area contributed by atoms with Crippen molar-refractivity contribution in [3.8, 4) is 0 Å². The Bertz CT molecular complexity index is 761. The van der Waals surface area contributed by atoms with Gasteiger partial charge in [-0.05, 0) is 36.8 Å². The SMILES string of the molecule is Cc1ccc(Br)cc1S(=O)(=O)NNC(=O)c1ccccc1. The predicted octanol–water partition coefficient (Wildman–Crippen LogP) is 2.38. The number of benzene rings is 2. The zero-order chi connectivity index (χ0) is 15.5. The second kappa shape index (κ2) is 6.38. The van der Waals surface area contributed by atoms with Crippen LogP contribution in [0.3, 0.4) is 0 Å². The third-order valence-corrected chi connectivity index (χ3v) is 4.66. The normalized spacial score (nSPS) is 11.1. The van der Waals surface area contributed by atoms with Crippen LogP contribution in [0.2, 0.25) is 0 Å². The summed E-state index contributed by atoms with van der Waals surface area (Å²) in [5.74, 6) is -0.521. The Morgan fingerprint density at radius 1 is 1.10 bits per heavy atom. The summed E-state index contributed by atoms with van der Waals surface area (Å²) in [6.07, 6.45) is 0. The summed E-state index contributed by atoms with van der Waals surface area (Å²) in [7, 11) is -3.83. The molecule has 0 unspecified atom stereocenters. The molecule has 0 heterocycles. The van der Waals surface area contributed by atoms with Gasteiger partial charge >= 0.3 is 0 Å². The van der Waals surface area contributed by atoms with Gasteiger partial charge in [0.1, 0.15) is 0 Å². The minimum Gasteiger partial charge on any atom is -0.273 e. The third kappa shape index (κ3) is 3.90. The topological polar surface area (TPSA) is 75.3 Å². The van der Waals surface area contributed by atoms with Crippen molar-refractivity contribution in [3.05, 3.63) is 64.1 Å². The molecular formula is C14H13BrN2O3S. The maximum Gasteiger partial charge on any atom is 0.266 e. The molecule has 0 saturated heterocycles. The highest BCUT2D eigenvalue weighted by atomic mass is 79.9. The molecule has 1 amide bonds. The lowest BCUT2D eigenvalue weighted by molar-refractivity contribution is 0.0945. The molecule has 0 atom stereocenters. The van der Waals surface area contributed by atoms with Crippen molar-refractivity contribution in [2.75, 3.05) is 0 Å². The van der Waals surface area contributed by atoms with Gasteiger partial charge in [-0.15, -0.1) is 4.83 Å². The van der Waals surface area contributed by atoms with Crippen molar-refractivity contribution in [3.63, 3.8) is 0 Å². The monoisotopic (exact) mass is 368 g/mol. The Morgan fingerprint density at radius 2 is 1.76 bits per heavy atom. The summed E-state index contributed by atoms with van der Waals surface area (Å²) in [5.41, 5.74) is 3.14. The molecule has 0 aliphatic rings. The van der Waals surface area contributed by atoms with E-state index in [4.69, 9.17) is 0 Å². The van der Waals surface area contributed by atoms with Crippen LogP contribution < -0.4 is 10.3 Å². The minimum absolute atomic E-state index is 0.102. The molecule has 0 saturated carbocycles. The van der Waals surface area contributed by atoms with E-state index < -0.39 is 15.9 Å². The van der Waals surface area contributed by atoms with Gasteiger partial charge in [-0.3, -0.25) is 10.2 Å². The van der Waals surface area contributed by atoms with E-state index in [1.807, 2.05) is 0 Å². The van der Waals surface area contributed by atoms with Gasteiger partial charge in [-0.2, -0.15) is 0 Å². The molecule has 0 spiro atoms. The van der Waals surface area contributed by atoms with Crippen LogP contribution in [-0.2, 0) is 10.0 Å². The smallest absolute Gasteiger partial charge is 0.266 e. The van der Waals surface area contributed by atoms with E-state index in [0.717, 1.165) is 0 Å². The van der Waals surface area contributed by atoms with E-state index in [2.05, 4.69) is 26.2 Å². The number of hydrogen-bond donors (Lipinski definition) is 2. The van der Waals surface area contributed by atoms with Crippen LogP contribution in [0, 0.1) is 6.92 Å². The van der Waals surface area contributed by atoms with Crippen LogP contribution in [0.15, 0.2) is 57.9 Å². The quantitative estimate of drug-likeness (QED) is 0.813. The number of hydrogen-bond acceptors (Lipinski definition) is 3. The number of sulfonamides is 1. The van der Waals surface area contributed by atoms with Gasteiger partial charge in [0.15, 0.2) is 0 Å². The summed E-state index contributed by atoms with van der Waals surface area (Å²) < 4.78 is 25.0. The lowest BCUT2D eigenvalue weighted by Gasteiger charge is -2.10. The van der Waals surface area contributed by atoms with Crippen LogP contribution in [0.1, 0.15) is 15.9 Å². The number of halogens is 1. The summed E-state index contributed by atoms with van der Waals surface area (Å²) in [6, 6.07) is 13.2. The molecule has 0 bridgehead atoms. The molecule has 7 heteroatoms. The molecule has 0 aromatic heterocycles. The molecule has 2 rings (SSSR count). The molecule has 0 aliphatic heterocycles. The minimum atomic E-state index is -3.83.